The highest BCUT2D eigenvalue weighted by molar-refractivity contribution is 5.62. The molecule has 6 nitrogen and oxygen atoms in total. The van der Waals surface area contributed by atoms with Crippen molar-refractivity contribution in [2.45, 2.75) is 46.5 Å². The third-order valence-corrected chi connectivity index (χ3v) is 2.40. The molecule has 0 bridgehead atoms. The lowest BCUT2D eigenvalue weighted by Crippen LogP contribution is -2.12. The smallest absolute Gasteiger partial charge is 0.300 e. The van der Waals surface area contributed by atoms with Gasteiger partial charge in [0, 0.05) is 20.1 Å². The summed E-state index contributed by atoms with van der Waals surface area (Å²) >= 11 is 0. The standard InChI is InChI=1S/C14H30O4.C2H4O2/c1-3-5-7-15-9-11-17-13-14-18-12-10-16-8-6-4-2;1-2(3)4/h3-14H2,1-2H3;1H3,(H,3,4). The van der Waals surface area contributed by atoms with Crippen LogP contribution in [0.15, 0.2) is 0 Å². The second kappa shape index (κ2) is 22.6. The first kappa shape index (κ1) is 23.6. The summed E-state index contributed by atoms with van der Waals surface area (Å²) in [6.07, 6.45) is 4.60. The second-order valence-corrected chi connectivity index (χ2v) is 4.68. The Morgan fingerprint density at radius 3 is 1.14 bits per heavy atom. The lowest BCUT2D eigenvalue weighted by Gasteiger charge is -2.07. The predicted molar refractivity (Wildman–Crippen MR) is 86.4 cm³/mol. The molecule has 22 heavy (non-hydrogen) atoms. The average Bonchev–Trinajstić information content (AvgIpc) is 2.47. The summed E-state index contributed by atoms with van der Waals surface area (Å²) in [7, 11) is 0. The van der Waals surface area contributed by atoms with E-state index in [1.54, 1.807) is 0 Å². The molecule has 0 aromatic rings. The van der Waals surface area contributed by atoms with E-state index in [1.165, 1.54) is 12.8 Å². The van der Waals surface area contributed by atoms with Crippen molar-refractivity contribution in [3.63, 3.8) is 0 Å². The van der Waals surface area contributed by atoms with Gasteiger partial charge in [0.25, 0.3) is 5.97 Å². The molecule has 0 unspecified atom stereocenters. The first-order chi connectivity index (χ1) is 10.6. The fourth-order valence-electron chi connectivity index (χ4n) is 1.25. The maximum absolute atomic E-state index is 9.00. The molecule has 0 atom stereocenters. The van der Waals surface area contributed by atoms with Gasteiger partial charge in [0.15, 0.2) is 0 Å². The minimum Gasteiger partial charge on any atom is -0.481 e. The topological polar surface area (TPSA) is 74.2 Å². The van der Waals surface area contributed by atoms with Crippen LogP contribution in [0.5, 0.6) is 0 Å². The normalized spacial score (nSPS) is 10.1. The van der Waals surface area contributed by atoms with E-state index in [9.17, 15) is 0 Å². The molecule has 0 heterocycles. The Balaban J connectivity index is 0. The summed E-state index contributed by atoms with van der Waals surface area (Å²) in [5.41, 5.74) is 0. The molecule has 0 aliphatic carbocycles. The van der Waals surface area contributed by atoms with E-state index in [2.05, 4.69) is 13.8 Å². The van der Waals surface area contributed by atoms with E-state index < -0.39 is 5.97 Å². The number of hydrogen-bond acceptors (Lipinski definition) is 5. The summed E-state index contributed by atoms with van der Waals surface area (Å²) in [5.74, 6) is -0.833. The Morgan fingerprint density at radius 1 is 0.682 bits per heavy atom. The largest absolute Gasteiger partial charge is 0.481 e. The Morgan fingerprint density at radius 2 is 0.909 bits per heavy atom. The zero-order valence-electron chi connectivity index (χ0n) is 14.5. The molecule has 1 N–H and O–H groups in total. The first-order valence-electron chi connectivity index (χ1n) is 8.15. The molecule has 0 fully saturated rings. The third-order valence-electron chi connectivity index (χ3n) is 2.40. The van der Waals surface area contributed by atoms with Crippen LogP contribution in [0.1, 0.15) is 46.5 Å². The minimum atomic E-state index is -0.833. The third kappa shape index (κ3) is 31.6. The summed E-state index contributed by atoms with van der Waals surface area (Å²) in [6, 6.07) is 0. The molecule has 0 rings (SSSR count). The van der Waals surface area contributed by atoms with Crippen LogP contribution in [0.2, 0.25) is 0 Å². The number of unbranched alkanes of at least 4 members (excludes halogenated alkanes) is 2. The van der Waals surface area contributed by atoms with Gasteiger partial charge in [0.2, 0.25) is 0 Å². The summed E-state index contributed by atoms with van der Waals surface area (Å²) in [6.45, 7) is 11.0. The number of rotatable bonds is 15. The second-order valence-electron chi connectivity index (χ2n) is 4.68. The van der Waals surface area contributed by atoms with E-state index in [0.29, 0.717) is 39.6 Å². The fraction of sp³-hybridized carbons (Fsp3) is 0.938. The maximum Gasteiger partial charge on any atom is 0.300 e. The number of ether oxygens (including phenoxy) is 4. The van der Waals surface area contributed by atoms with Gasteiger partial charge in [-0.15, -0.1) is 0 Å². The molecule has 0 spiro atoms. The Kier molecular flexibility index (Phi) is 24.2. The van der Waals surface area contributed by atoms with Crippen molar-refractivity contribution in [1.29, 1.82) is 0 Å². The van der Waals surface area contributed by atoms with Crippen molar-refractivity contribution >= 4 is 5.97 Å². The molecular weight excluding hydrogens is 288 g/mol. The molecule has 134 valence electrons. The lowest BCUT2D eigenvalue weighted by atomic mass is 10.4. The van der Waals surface area contributed by atoms with Crippen LogP contribution < -0.4 is 0 Å². The quantitative estimate of drug-likeness (QED) is 0.467. The van der Waals surface area contributed by atoms with Crippen LogP contribution in [-0.4, -0.2) is 63.9 Å². The fourth-order valence-corrected chi connectivity index (χ4v) is 1.25. The predicted octanol–water partition coefficient (Wildman–Crippen LogP) is 2.74. The van der Waals surface area contributed by atoms with Crippen molar-refractivity contribution in [2.24, 2.45) is 0 Å². The van der Waals surface area contributed by atoms with Gasteiger partial charge in [0.05, 0.1) is 39.6 Å². The van der Waals surface area contributed by atoms with Gasteiger partial charge >= 0.3 is 0 Å². The molecule has 0 saturated heterocycles. The highest BCUT2D eigenvalue weighted by Gasteiger charge is 1.92. The number of carboxylic acids is 1. The number of aliphatic carboxylic acids is 1. The summed E-state index contributed by atoms with van der Waals surface area (Å²) < 4.78 is 21.5. The molecule has 0 saturated carbocycles. The molecular formula is C16H34O6. The van der Waals surface area contributed by atoms with E-state index in [-0.39, 0.29) is 0 Å². The van der Waals surface area contributed by atoms with Crippen LogP contribution in [0.4, 0.5) is 0 Å². The van der Waals surface area contributed by atoms with Gasteiger partial charge in [-0.1, -0.05) is 26.7 Å². The SMILES string of the molecule is CC(=O)O.CCCCOCCOCCOCCOCCCC. The van der Waals surface area contributed by atoms with Crippen molar-refractivity contribution < 1.29 is 28.8 Å². The van der Waals surface area contributed by atoms with Crippen LogP contribution in [0.25, 0.3) is 0 Å². The van der Waals surface area contributed by atoms with Gasteiger partial charge in [-0.2, -0.15) is 0 Å². The molecule has 6 heteroatoms. The lowest BCUT2D eigenvalue weighted by molar-refractivity contribution is -0.134. The van der Waals surface area contributed by atoms with Gasteiger partial charge in [-0.05, 0) is 12.8 Å². The highest BCUT2D eigenvalue weighted by Crippen LogP contribution is 1.89. The summed E-state index contributed by atoms with van der Waals surface area (Å²) in [4.78, 5) is 9.00. The van der Waals surface area contributed by atoms with Gasteiger partial charge in [-0.3, -0.25) is 4.79 Å². The number of hydrogen-bond donors (Lipinski definition) is 1. The Labute approximate surface area is 135 Å². The average molecular weight is 322 g/mol. The zero-order valence-corrected chi connectivity index (χ0v) is 14.5. The van der Waals surface area contributed by atoms with Crippen LogP contribution in [-0.2, 0) is 23.7 Å². The van der Waals surface area contributed by atoms with Crippen molar-refractivity contribution in [1.82, 2.24) is 0 Å². The van der Waals surface area contributed by atoms with Crippen molar-refractivity contribution in [3.05, 3.63) is 0 Å². The van der Waals surface area contributed by atoms with Gasteiger partial charge in [-0.25, -0.2) is 0 Å². The Hall–Kier alpha value is -0.690. The van der Waals surface area contributed by atoms with E-state index in [0.717, 1.165) is 33.0 Å². The number of carbonyl (C=O) groups is 1. The van der Waals surface area contributed by atoms with E-state index in [4.69, 9.17) is 28.8 Å². The molecule has 0 aromatic carbocycles. The molecule has 0 amide bonds. The maximum atomic E-state index is 9.00. The van der Waals surface area contributed by atoms with Crippen LogP contribution >= 0.6 is 0 Å². The summed E-state index contributed by atoms with van der Waals surface area (Å²) in [5, 5.41) is 7.42. The minimum absolute atomic E-state index is 0.631. The van der Waals surface area contributed by atoms with Crippen molar-refractivity contribution in [2.75, 3.05) is 52.9 Å². The number of carboxylic acid groups (broad SMARTS) is 1. The Bertz CT molecular complexity index is 191. The van der Waals surface area contributed by atoms with Crippen molar-refractivity contribution in [3.8, 4) is 0 Å². The molecule has 0 aliphatic heterocycles. The van der Waals surface area contributed by atoms with E-state index >= 15 is 0 Å². The molecule has 0 aromatic heterocycles. The molecule has 0 aliphatic rings. The van der Waals surface area contributed by atoms with Gasteiger partial charge < -0.3 is 24.1 Å². The monoisotopic (exact) mass is 322 g/mol. The van der Waals surface area contributed by atoms with Gasteiger partial charge in [0.1, 0.15) is 0 Å². The zero-order chi connectivity index (χ0) is 16.9. The molecule has 0 radical (unpaired) electrons. The van der Waals surface area contributed by atoms with Crippen LogP contribution in [0.3, 0.4) is 0 Å². The van der Waals surface area contributed by atoms with E-state index in [1.807, 2.05) is 0 Å². The highest BCUT2D eigenvalue weighted by atomic mass is 16.6. The first-order valence-corrected chi connectivity index (χ1v) is 8.15. The van der Waals surface area contributed by atoms with Crippen LogP contribution in [0, 0.1) is 0 Å².